The van der Waals surface area contributed by atoms with Crippen LogP contribution in [0.25, 0.3) is 16.9 Å². The van der Waals surface area contributed by atoms with Gasteiger partial charge in [0.1, 0.15) is 16.2 Å². The number of nitrogens with zero attached hydrogens (tertiary/aromatic N) is 3. The van der Waals surface area contributed by atoms with Crippen molar-refractivity contribution in [3.63, 3.8) is 0 Å². The molecule has 0 amide bonds. The van der Waals surface area contributed by atoms with Crippen molar-refractivity contribution in [1.29, 1.82) is 0 Å². The molecule has 2 heterocycles. The van der Waals surface area contributed by atoms with Crippen LogP contribution in [0, 0.1) is 0 Å². The first-order valence-electron chi connectivity index (χ1n) is 6.00. The van der Waals surface area contributed by atoms with Gasteiger partial charge >= 0.3 is 0 Å². The van der Waals surface area contributed by atoms with Crippen molar-refractivity contribution in [3.05, 3.63) is 47.5 Å². The summed E-state index contributed by atoms with van der Waals surface area (Å²) < 4.78 is 8.25. The Morgan fingerprint density at radius 3 is 2.79 bits per heavy atom. The van der Waals surface area contributed by atoms with Crippen molar-refractivity contribution in [2.24, 2.45) is 0 Å². The third-order valence-electron chi connectivity index (χ3n) is 2.83. The molecule has 4 nitrogen and oxygen atoms in total. The minimum Gasteiger partial charge on any atom is -0.494 e. The van der Waals surface area contributed by atoms with Crippen LogP contribution < -0.4 is 4.74 Å². The molecule has 96 valence electrons. The summed E-state index contributed by atoms with van der Waals surface area (Å²) in [5.41, 5.74) is 1.99. The van der Waals surface area contributed by atoms with Gasteiger partial charge in [-0.3, -0.25) is 9.38 Å². The third kappa shape index (κ3) is 2.21. The lowest BCUT2D eigenvalue weighted by molar-refractivity contribution is 0.340. The predicted molar refractivity (Wildman–Crippen MR) is 77.3 cm³/mol. The molecule has 0 saturated heterocycles. The molecule has 0 aliphatic rings. The monoisotopic (exact) mass is 317 g/mol. The van der Waals surface area contributed by atoms with Crippen LogP contribution >= 0.6 is 15.9 Å². The molecule has 0 unspecified atom stereocenters. The zero-order valence-corrected chi connectivity index (χ0v) is 12.0. The highest BCUT2D eigenvalue weighted by Crippen LogP contribution is 2.26. The van der Waals surface area contributed by atoms with E-state index in [1.54, 1.807) is 12.4 Å². The van der Waals surface area contributed by atoms with Crippen molar-refractivity contribution in [3.8, 4) is 17.1 Å². The summed E-state index contributed by atoms with van der Waals surface area (Å²) in [4.78, 5) is 8.64. The first-order chi connectivity index (χ1) is 9.29. The Morgan fingerprint density at radius 2 is 2.05 bits per heavy atom. The zero-order valence-electron chi connectivity index (χ0n) is 10.4. The summed E-state index contributed by atoms with van der Waals surface area (Å²) >= 11 is 3.46. The van der Waals surface area contributed by atoms with Gasteiger partial charge in [0, 0.05) is 18.0 Å². The van der Waals surface area contributed by atoms with Gasteiger partial charge in [0.2, 0.25) is 0 Å². The lowest BCUT2D eigenvalue weighted by Gasteiger charge is -2.04. The summed E-state index contributed by atoms with van der Waals surface area (Å²) in [5, 5.41) is 0. The molecule has 0 bridgehead atoms. The van der Waals surface area contributed by atoms with Crippen LogP contribution in [0.1, 0.15) is 6.92 Å². The van der Waals surface area contributed by atoms with E-state index < -0.39 is 0 Å². The van der Waals surface area contributed by atoms with E-state index in [2.05, 4.69) is 25.9 Å². The Kier molecular flexibility index (Phi) is 3.21. The summed E-state index contributed by atoms with van der Waals surface area (Å²) in [7, 11) is 0. The van der Waals surface area contributed by atoms with Crippen LogP contribution in [0.15, 0.2) is 47.5 Å². The second-order valence-electron chi connectivity index (χ2n) is 4.02. The van der Waals surface area contributed by atoms with Crippen LogP contribution in [0.2, 0.25) is 0 Å². The molecule has 3 aromatic rings. The molecular formula is C14H12BrN3O. The smallest absolute Gasteiger partial charge is 0.145 e. The number of halogens is 1. The van der Waals surface area contributed by atoms with E-state index in [4.69, 9.17) is 4.74 Å². The summed E-state index contributed by atoms with van der Waals surface area (Å²) in [5.74, 6) is 1.75. The molecule has 3 rings (SSSR count). The van der Waals surface area contributed by atoms with Gasteiger partial charge in [-0.25, -0.2) is 4.98 Å². The zero-order chi connectivity index (χ0) is 13.2. The molecule has 1 aromatic carbocycles. The van der Waals surface area contributed by atoms with Crippen molar-refractivity contribution in [2.45, 2.75) is 6.92 Å². The molecule has 5 heteroatoms. The van der Waals surface area contributed by atoms with Crippen molar-refractivity contribution < 1.29 is 4.74 Å². The fourth-order valence-electron chi connectivity index (χ4n) is 1.97. The molecule has 0 N–H and O–H groups in total. The molecule has 2 aromatic heterocycles. The molecule has 0 atom stereocenters. The summed E-state index contributed by atoms with van der Waals surface area (Å²) in [6.07, 6.45) is 5.44. The molecule has 0 radical (unpaired) electrons. The quantitative estimate of drug-likeness (QED) is 0.741. The Bertz CT molecular complexity index is 706. The molecule has 0 spiro atoms. The van der Waals surface area contributed by atoms with Crippen LogP contribution in [0.5, 0.6) is 5.75 Å². The maximum absolute atomic E-state index is 5.44. The topological polar surface area (TPSA) is 39.4 Å². The minimum atomic E-state index is 0.670. The van der Waals surface area contributed by atoms with Crippen molar-refractivity contribution >= 4 is 21.4 Å². The number of hydrogen-bond acceptors (Lipinski definition) is 3. The Hall–Kier alpha value is -1.88. The number of ether oxygens (including phenoxy) is 1. The van der Waals surface area contributed by atoms with Crippen LogP contribution in [-0.4, -0.2) is 21.0 Å². The normalized spacial score (nSPS) is 10.8. The molecule has 0 aliphatic heterocycles. The number of imidazole rings is 1. The average Bonchev–Trinajstić information content (AvgIpc) is 2.78. The third-order valence-corrected chi connectivity index (χ3v) is 3.41. The number of hydrogen-bond donors (Lipinski definition) is 0. The second-order valence-corrected chi connectivity index (χ2v) is 4.77. The van der Waals surface area contributed by atoms with Gasteiger partial charge in [0.25, 0.3) is 0 Å². The van der Waals surface area contributed by atoms with Crippen LogP contribution in [0.4, 0.5) is 0 Å². The van der Waals surface area contributed by atoms with Crippen LogP contribution in [0.3, 0.4) is 0 Å². The number of benzene rings is 1. The summed E-state index contributed by atoms with van der Waals surface area (Å²) in [6.45, 7) is 2.64. The standard InChI is InChI=1S/C14H12BrN3O/c1-2-19-11-5-3-10(4-6-11)14-17-13(15)12-9-16-7-8-18(12)14/h3-9H,2H2,1H3. The average molecular weight is 318 g/mol. The van der Waals surface area contributed by atoms with E-state index in [1.165, 1.54) is 0 Å². The minimum absolute atomic E-state index is 0.670. The number of fused-ring (bicyclic) bond motifs is 1. The number of rotatable bonds is 3. The molecule has 0 aliphatic carbocycles. The number of aromatic nitrogens is 3. The largest absolute Gasteiger partial charge is 0.494 e. The van der Waals surface area contributed by atoms with Gasteiger partial charge in [-0.2, -0.15) is 0 Å². The van der Waals surface area contributed by atoms with Crippen molar-refractivity contribution in [1.82, 2.24) is 14.4 Å². The van der Waals surface area contributed by atoms with Gasteiger partial charge in [-0.1, -0.05) is 0 Å². The first-order valence-corrected chi connectivity index (χ1v) is 6.79. The van der Waals surface area contributed by atoms with E-state index >= 15 is 0 Å². The molecule has 0 fully saturated rings. The maximum Gasteiger partial charge on any atom is 0.145 e. The predicted octanol–water partition coefficient (Wildman–Crippen LogP) is 3.56. The summed E-state index contributed by atoms with van der Waals surface area (Å²) in [6, 6.07) is 7.92. The molecular weight excluding hydrogens is 306 g/mol. The fraction of sp³-hybridized carbons (Fsp3) is 0.143. The van der Waals surface area contributed by atoms with Crippen LogP contribution in [-0.2, 0) is 0 Å². The van der Waals surface area contributed by atoms with Gasteiger partial charge in [0.05, 0.1) is 18.3 Å². The second kappa shape index (κ2) is 5.01. The van der Waals surface area contributed by atoms with E-state index in [9.17, 15) is 0 Å². The van der Waals surface area contributed by atoms with E-state index in [-0.39, 0.29) is 0 Å². The Balaban J connectivity index is 2.09. The highest BCUT2D eigenvalue weighted by Gasteiger charge is 2.10. The highest BCUT2D eigenvalue weighted by molar-refractivity contribution is 9.10. The van der Waals surface area contributed by atoms with Gasteiger partial charge in [0.15, 0.2) is 0 Å². The maximum atomic E-state index is 5.44. The molecule has 0 saturated carbocycles. The van der Waals surface area contributed by atoms with E-state index in [0.717, 1.165) is 27.3 Å². The highest BCUT2D eigenvalue weighted by atomic mass is 79.9. The Labute approximate surface area is 119 Å². The van der Waals surface area contributed by atoms with E-state index in [0.29, 0.717) is 6.61 Å². The first kappa shape index (κ1) is 12.2. The van der Waals surface area contributed by atoms with Gasteiger partial charge < -0.3 is 4.74 Å². The Morgan fingerprint density at radius 1 is 1.26 bits per heavy atom. The lowest BCUT2D eigenvalue weighted by atomic mass is 10.2. The van der Waals surface area contributed by atoms with Gasteiger partial charge in [-0.05, 0) is 47.1 Å². The SMILES string of the molecule is CCOc1ccc(-c2nc(Br)c3cnccn23)cc1. The van der Waals surface area contributed by atoms with Crippen molar-refractivity contribution in [2.75, 3.05) is 6.61 Å². The fourth-order valence-corrected chi connectivity index (χ4v) is 2.43. The van der Waals surface area contributed by atoms with E-state index in [1.807, 2.05) is 41.8 Å². The lowest BCUT2D eigenvalue weighted by Crippen LogP contribution is -1.92. The van der Waals surface area contributed by atoms with Gasteiger partial charge in [-0.15, -0.1) is 0 Å². The molecule has 19 heavy (non-hydrogen) atoms.